The Morgan fingerprint density at radius 1 is 1.03 bits per heavy atom. The fraction of sp³-hybridized carbons (Fsp3) is 0.167. The third-order valence-electron chi connectivity index (χ3n) is 4.56. The number of hydrogen-bond acceptors (Lipinski definition) is 4. The average molecular weight is 403 g/mol. The van der Waals surface area contributed by atoms with Crippen molar-refractivity contribution >= 4 is 33.1 Å². The molecule has 0 aliphatic carbocycles. The Bertz CT molecular complexity index is 1130. The van der Waals surface area contributed by atoms with Crippen LogP contribution in [0.5, 0.6) is 5.75 Å². The van der Waals surface area contributed by atoms with Crippen molar-refractivity contribution in [3.8, 4) is 16.3 Å². The van der Waals surface area contributed by atoms with Gasteiger partial charge in [0, 0.05) is 11.3 Å². The average Bonchev–Trinajstić information content (AvgIpc) is 3.13. The fourth-order valence-electron chi connectivity index (χ4n) is 3.11. The number of carbonyl (C=O) groups is 1. The van der Waals surface area contributed by atoms with Crippen molar-refractivity contribution in [2.45, 2.75) is 20.3 Å². The first kappa shape index (κ1) is 19.2. The summed E-state index contributed by atoms with van der Waals surface area (Å²) in [5.41, 5.74) is 5.03. The van der Waals surface area contributed by atoms with E-state index in [-0.39, 0.29) is 5.91 Å². The van der Waals surface area contributed by atoms with Crippen molar-refractivity contribution in [2.75, 3.05) is 11.9 Å². The van der Waals surface area contributed by atoms with E-state index in [9.17, 15) is 4.79 Å². The van der Waals surface area contributed by atoms with Gasteiger partial charge in [-0.3, -0.25) is 4.79 Å². The quantitative estimate of drug-likeness (QED) is 0.440. The van der Waals surface area contributed by atoms with Gasteiger partial charge in [-0.2, -0.15) is 0 Å². The SMILES string of the molecule is CCOc1ccc(CC(=O)Nc2ccc(-c3nc4ccc(C)cc4s3)cc2)cc1. The van der Waals surface area contributed by atoms with E-state index in [0.29, 0.717) is 13.0 Å². The molecule has 1 N–H and O–H groups in total. The van der Waals surface area contributed by atoms with Crippen molar-refractivity contribution in [1.29, 1.82) is 0 Å². The van der Waals surface area contributed by atoms with Crippen LogP contribution in [0.1, 0.15) is 18.1 Å². The summed E-state index contributed by atoms with van der Waals surface area (Å²) in [5, 5.41) is 3.94. The number of amides is 1. The van der Waals surface area contributed by atoms with Crippen molar-refractivity contribution in [3.05, 3.63) is 77.9 Å². The molecule has 0 aliphatic rings. The van der Waals surface area contributed by atoms with Gasteiger partial charge in [-0.1, -0.05) is 18.2 Å². The number of nitrogens with zero attached hydrogens (tertiary/aromatic N) is 1. The van der Waals surface area contributed by atoms with Gasteiger partial charge in [-0.05, 0) is 73.5 Å². The molecule has 0 saturated carbocycles. The molecule has 3 aromatic carbocycles. The molecule has 4 nitrogen and oxygen atoms in total. The zero-order valence-electron chi connectivity index (χ0n) is 16.4. The highest BCUT2D eigenvalue weighted by Gasteiger charge is 2.08. The topological polar surface area (TPSA) is 51.2 Å². The lowest BCUT2D eigenvalue weighted by Gasteiger charge is -2.07. The van der Waals surface area contributed by atoms with Crippen molar-refractivity contribution in [2.24, 2.45) is 0 Å². The first-order valence-electron chi connectivity index (χ1n) is 9.60. The molecule has 0 spiro atoms. The number of aryl methyl sites for hydroxylation is 1. The molecule has 0 unspecified atom stereocenters. The number of fused-ring (bicyclic) bond motifs is 1. The van der Waals surface area contributed by atoms with Gasteiger partial charge in [-0.15, -0.1) is 11.3 Å². The van der Waals surface area contributed by atoms with E-state index in [0.717, 1.165) is 33.1 Å². The van der Waals surface area contributed by atoms with E-state index in [4.69, 9.17) is 9.72 Å². The van der Waals surface area contributed by atoms with E-state index in [1.807, 2.05) is 55.5 Å². The summed E-state index contributed by atoms with van der Waals surface area (Å²) < 4.78 is 6.62. The Morgan fingerprint density at radius 2 is 1.79 bits per heavy atom. The molecule has 0 aliphatic heterocycles. The number of ether oxygens (including phenoxy) is 1. The minimum Gasteiger partial charge on any atom is -0.494 e. The predicted molar refractivity (Wildman–Crippen MR) is 120 cm³/mol. The minimum absolute atomic E-state index is 0.0441. The van der Waals surface area contributed by atoms with Crippen LogP contribution in [0.3, 0.4) is 0 Å². The normalized spacial score (nSPS) is 10.8. The summed E-state index contributed by atoms with van der Waals surface area (Å²) >= 11 is 1.68. The smallest absolute Gasteiger partial charge is 0.228 e. The fourth-order valence-corrected chi connectivity index (χ4v) is 4.18. The molecule has 0 atom stereocenters. The monoisotopic (exact) mass is 402 g/mol. The van der Waals surface area contributed by atoms with Crippen LogP contribution < -0.4 is 10.1 Å². The second-order valence-corrected chi connectivity index (χ2v) is 7.90. The Hall–Kier alpha value is -3.18. The predicted octanol–water partition coefficient (Wildman–Crippen LogP) is 5.85. The Labute approximate surface area is 174 Å². The van der Waals surface area contributed by atoms with Gasteiger partial charge < -0.3 is 10.1 Å². The Balaban J connectivity index is 1.41. The first-order valence-corrected chi connectivity index (χ1v) is 10.4. The third kappa shape index (κ3) is 4.63. The maximum atomic E-state index is 12.3. The summed E-state index contributed by atoms with van der Waals surface area (Å²) in [4.78, 5) is 17.1. The number of anilines is 1. The lowest BCUT2D eigenvalue weighted by molar-refractivity contribution is -0.115. The van der Waals surface area contributed by atoms with Gasteiger partial charge >= 0.3 is 0 Å². The van der Waals surface area contributed by atoms with E-state index in [1.54, 1.807) is 11.3 Å². The number of aromatic nitrogens is 1. The number of thiazole rings is 1. The van der Waals surface area contributed by atoms with Crippen molar-refractivity contribution in [3.63, 3.8) is 0 Å². The van der Waals surface area contributed by atoms with E-state index in [2.05, 4.69) is 30.4 Å². The number of rotatable bonds is 6. The molecule has 1 amide bonds. The van der Waals surface area contributed by atoms with Crippen LogP contribution >= 0.6 is 11.3 Å². The van der Waals surface area contributed by atoms with E-state index < -0.39 is 0 Å². The Kier molecular flexibility index (Phi) is 5.58. The number of benzene rings is 3. The molecule has 0 bridgehead atoms. The van der Waals surface area contributed by atoms with Gasteiger partial charge in [0.15, 0.2) is 0 Å². The molecule has 146 valence electrons. The summed E-state index contributed by atoms with van der Waals surface area (Å²) in [6, 6.07) is 21.7. The van der Waals surface area contributed by atoms with E-state index >= 15 is 0 Å². The second-order valence-electron chi connectivity index (χ2n) is 6.87. The number of hydrogen-bond donors (Lipinski definition) is 1. The largest absolute Gasteiger partial charge is 0.494 e. The van der Waals surface area contributed by atoms with Gasteiger partial charge in [0.25, 0.3) is 0 Å². The van der Waals surface area contributed by atoms with Gasteiger partial charge in [0.1, 0.15) is 10.8 Å². The van der Waals surface area contributed by atoms with Crippen molar-refractivity contribution in [1.82, 2.24) is 4.98 Å². The Morgan fingerprint density at radius 3 is 2.52 bits per heavy atom. The van der Waals surface area contributed by atoms with Crippen LogP contribution in [0.15, 0.2) is 66.7 Å². The third-order valence-corrected chi connectivity index (χ3v) is 5.63. The molecule has 4 aromatic rings. The van der Waals surface area contributed by atoms with E-state index in [1.165, 1.54) is 10.3 Å². The second kappa shape index (κ2) is 8.45. The van der Waals surface area contributed by atoms with Gasteiger partial charge in [0.2, 0.25) is 5.91 Å². The van der Waals surface area contributed by atoms with Crippen LogP contribution in [0.4, 0.5) is 5.69 Å². The standard InChI is InChI=1S/C24H22N2O2S/c1-3-28-20-11-5-17(6-12-20)15-23(27)25-19-9-7-18(8-10-19)24-26-21-13-4-16(2)14-22(21)29-24/h4-14H,3,15H2,1-2H3,(H,25,27). The molecular formula is C24H22N2O2S. The van der Waals surface area contributed by atoms with Crippen LogP contribution in [0.2, 0.25) is 0 Å². The zero-order valence-corrected chi connectivity index (χ0v) is 17.3. The number of nitrogens with one attached hydrogen (secondary N) is 1. The maximum absolute atomic E-state index is 12.3. The van der Waals surface area contributed by atoms with Crippen LogP contribution in [0, 0.1) is 6.92 Å². The molecule has 1 heterocycles. The van der Waals surface area contributed by atoms with Gasteiger partial charge in [-0.25, -0.2) is 4.98 Å². The van der Waals surface area contributed by atoms with Gasteiger partial charge in [0.05, 0.1) is 23.2 Å². The van der Waals surface area contributed by atoms with Crippen LogP contribution in [0.25, 0.3) is 20.8 Å². The van der Waals surface area contributed by atoms with Crippen LogP contribution in [-0.2, 0) is 11.2 Å². The summed E-state index contributed by atoms with van der Waals surface area (Å²) in [6.45, 7) is 4.67. The molecule has 29 heavy (non-hydrogen) atoms. The molecule has 0 saturated heterocycles. The van der Waals surface area contributed by atoms with Crippen LogP contribution in [-0.4, -0.2) is 17.5 Å². The molecule has 0 fully saturated rings. The molecule has 1 aromatic heterocycles. The highest BCUT2D eigenvalue weighted by atomic mass is 32.1. The summed E-state index contributed by atoms with van der Waals surface area (Å²) in [6.07, 6.45) is 0.325. The maximum Gasteiger partial charge on any atom is 0.228 e. The molecule has 4 rings (SSSR count). The molecule has 0 radical (unpaired) electrons. The summed E-state index contributed by atoms with van der Waals surface area (Å²) in [7, 11) is 0. The van der Waals surface area contributed by atoms with Crippen molar-refractivity contribution < 1.29 is 9.53 Å². The highest BCUT2D eigenvalue weighted by Crippen LogP contribution is 2.31. The lowest BCUT2D eigenvalue weighted by Crippen LogP contribution is -2.14. The minimum atomic E-state index is -0.0441. The first-order chi connectivity index (χ1) is 14.1. The lowest BCUT2D eigenvalue weighted by atomic mass is 10.1. The zero-order chi connectivity index (χ0) is 20.2. The molecule has 5 heteroatoms. The molecular weight excluding hydrogens is 380 g/mol. The highest BCUT2D eigenvalue weighted by molar-refractivity contribution is 7.21. The number of carbonyl (C=O) groups excluding carboxylic acids is 1. The summed E-state index contributed by atoms with van der Waals surface area (Å²) in [5.74, 6) is 0.773.